The highest BCUT2D eigenvalue weighted by atomic mass is 16.5. The van der Waals surface area contributed by atoms with Gasteiger partial charge in [0, 0.05) is 11.6 Å². The number of carboxylic acids is 1. The fraction of sp³-hybridized carbons (Fsp3) is 0.467. The summed E-state index contributed by atoms with van der Waals surface area (Å²) in [5.41, 5.74) is -0.107. The first-order chi connectivity index (χ1) is 9.28. The van der Waals surface area contributed by atoms with E-state index in [0.29, 0.717) is 17.7 Å². The highest BCUT2D eigenvalue weighted by molar-refractivity contribution is 5.84. The van der Waals surface area contributed by atoms with Crippen molar-refractivity contribution in [2.75, 3.05) is 7.11 Å². The van der Waals surface area contributed by atoms with Gasteiger partial charge in [0.1, 0.15) is 5.75 Å². The Labute approximate surface area is 119 Å². The summed E-state index contributed by atoms with van der Waals surface area (Å²) in [5.74, 6) is -0.643. The Hall–Kier alpha value is -2.04. The average molecular weight is 279 g/mol. The van der Waals surface area contributed by atoms with Gasteiger partial charge in [-0.2, -0.15) is 0 Å². The summed E-state index contributed by atoms with van der Waals surface area (Å²) in [5, 5.41) is 9.69. The third kappa shape index (κ3) is 2.61. The van der Waals surface area contributed by atoms with Crippen LogP contribution >= 0.6 is 0 Å². The Balaban J connectivity index is 3.59. The van der Waals surface area contributed by atoms with Crippen molar-refractivity contribution in [1.29, 1.82) is 0 Å². The molecule has 1 aromatic rings. The number of carboxylic acid groups (broad SMARTS) is 1. The van der Waals surface area contributed by atoms with E-state index in [0.717, 1.165) is 5.56 Å². The third-order valence-corrected chi connectivity index (χ3v) is 3.48. The molecule has 0 bridgehead atoms. The molecule has 5 heteroatoms. The zero-order valence-corrected chi connectivity index (χ0v) is 12.5. The summed E-state index contributed by atoms with van der Waals surface area (Å²) >= 11 is 0. The quantitative estimate of drug-likeness (QED) is 0.810. The van der Waals surface area contributed by atoms with Crippen LogP contribution in [0.3, 0.4) is 0 Å². The zero-order valence-electron chi connectivity index (χ0n) is 12.5. The van der Waals surface area contributed by atoms with Gasteiger partial charge >= 0.3 is 5.97 Å². The van der Waals surface area contributed by atoms with Crippen LogP contribution in [0.5, 0.6) is 5.75 Å². The number of carbonyl (C=O) groups is 2. The van der Waals surface area contributed by atoms with Crippen molar-refractivity contribution in [1.82, 2.24) is 4.90 Å². The van der Waals surface area contributed by atoms with Crippen LogP contribution in [0.1, 0.15) is 31.9 Å². The largest absolute Gasteiger partial charge is 0.496 e. The van der Waals surface area contributed by atoms with E-state index in [9.17, 15) is 14.7 Å². The summed E-state index contributed by atoms with van der Waals surface area (Å²) in [6.45, 7) is 6.93. The van der Waals surface area contributed by atoms with Gasteiger partial charge in [-0.05, 0) is 39.8 Å². The van der Waals surface area contributed by atoms with Gasteiger partial charge in [-0.15, -0.1) is 0 Å². The Kier molecular flexibility index (Phi) is 4.76. The van der Waals surface area contributed by atoms with Crippen LogP contribution in [0.15, 0.2) is 18.2 Å². The van der Waals surface area contributed by atoms with E-state index in [4.69, 9.17) is 4.74 Å². The molecule has 1 aromatic carbocycles. The van der Waals surface area contributed by atoms with Crippen molar-refractivity contribution in [2.45, 2.75) is 39.3 Å². The number of benzene rings is 1. The standard InChI is InChI=1S/C15H21NO4/c1-10(2)16(9-17)15(4,14(18)19)12-8-11(3)6-7-13(12)20-5/h6-10H,1-5H3,(H,18,19). The van der Waals surface area contributed by atoms with Gasteiger partial charge in [0.05, 0.1) is 7.11 Å². The molecule has 1 atom stereocenters. The molecule has 1 N–H and O–H groups in total. The molecule has 0 saturated carbocycles. The fourth-order valence-electron chi connectivity index (χ4n) is 2.31. The lowest BCUT2D eigenvalue weighted by atomic mass is 9.87. The molecular weight excluding hydrogens is 258 g/mol. The number of aliphatic carboxylic acids is 1. The van der Waals surface area contributed by atoms with Crippen LogP contribution in [0.4, 0.5) is 0 Å². The highest BCUT2D eigenvalue weighted by Gasteiger charge is 2.44. The van der Waals surface area contributed by atoms with Gasteiger partial charge in [-0.1, -0.05) is 11.6 Å². The molecule has 1 unspecified atom stereocenters. The van der Waals surface area contributed by atoms with Crippen LogP contribution in [-0.2, 0) is 15.1 Å². The van der Waals surface area contributed by atoms with Gasteiger partial charge in [-0.25, -0.2) is 4.79 Å². The van der Waals surface area contributed by atoms with E-state index < -0.39 is 11.5 Å². The minimum atomic E-state index is -1.48. The van der Waals surface area contributed by atoms with E-state index in [2.05, 4.69) is 0 Å². The first-order valence-corrected chi connectivity index (χ1v) is 6.41. The van der Waals surface area contributed by atoms with Crippen molar-refractivity contribution in [3.63, 3.8) is 0 Å². The number of hydrogen-bond acceptors (Lipinski definition) is 3. The maximum atomic E-state index is 11.8. The second-order valence-electron chi connectivity index (χ2n) is 5.19. The third-order valence-electron chi connectivity index (χ3n) is 3.48. The number of hydrogen-bond donors (Lipinski definition) is 1. The van der Waals surface area contributed by atoms with Crippen molar-refractivity contribution in [3.8, 4) is 5.75 Å². The van der Waals surface area contributed by atoms with E-state index in [1.54, 1.807) is 26.0 Å². The number of methoxy groups -OCH3 is 1. The second-order valence-corrected chi connectivity index (χ2v) is 5.19. The molecule has 5 nitrogen and oxygen atoms in total. The SMILES string of the molecule is COc1ccc(C)cc1C(C)(C(=O)O)N(C=O)C(C)C. The second kappa shape index (κ2) is 5.94. The molecule has 0 radical (unpaired) electrons. The van der Waals surface area contributed by atoms with E-state index in [-0.39, 0.29) is 6.04 Å². The predicted molar refractivity (Wildman–Crippen MR) is 75.8 cm³/mol. The zero-order chi connectivity index (χ0) is 15.5. The number of nitrogens with zero attached hydrogens (tertiary/aromatic N) is 1. The smallest absolute Gasteiger partial charge is 0.334 e. The molecule has 0 aliphatic rings. The van der Waals surface area contributed by atoms with E-state index >= 15 is 0 Å². The van der Waals surface area contributed by atoms with Crippen LogP contribution in [-0.4, -0.2) is 35.5 Å². The molecule has 20 heavy (non-hydrogen) atoms. The first-order valence-electron chi connectivity index (χ1n) is 6.41. The summed E-state index contributed by atoms with van der Waals surface area (Å²) in [6.07, 6.45) is 0.570. The van der Waals surface area contributed by atoms with Crippen LogP contribution in [0.2, 0.25) is 0 Å². The summed E-state index contributed by atoms with van der Waals surface area (Å²) in [7, 11) is 1.48. The predicted octanol–water partition coefficient (Wildman–Crippen LogP) is 2.17. The number of rotatable bonds is 6. The highest BCUT2D eigenvalue weighted by Crippen LogP contribution is 2.36. The average Bonchev–Trinajstić information content (AvgIpc) is 2.38. The lowest BCUT2D eigenvalue weighted by Gasteiger charge is -2.39. The molecule has 0 aliphatic heterocycles. The minimum absolute atomic E-state index is 0.251. The molecule has 0 heterocycles. The molecule has 0 spiro atoms. The lowest BCUT2D eigenvalue weighted by molar-refractivity contribution is -0.156. The normalized spacial score (nSPS) is 13.7. The molecule has 0 fully saturated rings. The summed E-state index contributed by atoms with van der Waals surface area (Å²) < 4.78 is 5.27. The van der Waals surface area contributed by atoms with Gasteiger partial charge in [0.25, 0.3) is 0 Å². The number of aryl methyl sites for hydroxylation is 1. The number of carbonyl (C=O) groups excluding carboxylic acids is 1. The number of ether oxygens (including phenoxy) is 1. The maximum absolute atomic E-state index is 11.8. The Morgan fingerprint density at radius 3 is 2.45 bits per heavy atom. The summed E-state index contributed by atoms with van der Waals surface area (Å²) in [6, 6.07) is 5.05. The van der Waals surface area contributed by atoms with Gasteiger partial charge in [0.15, 0.2) is 5.54 Å². The van der Waals surface area contributed by atoms with Crippen molar-refractivity contribution < 1.29 is 19.4 Å². The van der Waals surface area contributed by atoms with Gasteiger partial charge < -0.3 is 14.7 Å². The molecule has 0 aromatic heterocycles. The van der Waals surface area contributed by atoms with Gasteiger partial charge in [-0.3, -0.25) is 4.79 Å². The lowest BCUT2D eigenvalue weighted by Crippen LogP contribution is -2.52. The Bertz CT molecular complexity index is 513. The molecule has 0 aliphatic carbocycles. The first kappa shape index (κ1) is 16.0. The summed E-state index contributed by atoms with van der Waals surface area (Å²) in [4.78, 5) is 24.5. The molecular formula is C15H21NO4. The van der Waals surface area contributed by atoms with Crippen molar-refractivity contribution in [3.05, 3.63) is 29.3 Å². The van der Waals surface area contributed by atoms with E-state index in [1.807, 2.05) is 13.0 Å². The minimum Gasteiger partial charge on any atom is -0.496 e. The van der Waals surface area contributed by atoms with Crippen molar-refractivity contribution >= 4 is 12.4 Å². The van der Waals surface area contributed by atoms with Crippen LogP contribution in [0.25, 0.3) is 0 Å². The molecule has 110 valence electrons. The van der Waals surface area contributed by atoms with Crippen LogP contribution < -0.4 is 4.74 Å². The molecule has 1 amide bonds. The van der Waals surface area contributed by atoms with Crippen LogP contribution in [0, 0.1) is 6.92 Å². The number of amides is 1. The Morgan fingerprint density at radius 1 is 1.45 bits per heavy atom. The monoisotopic (exact) mass is 279 g/mol. The fourth-order valence-corrected chi connectivity index (χ4v) is 2.31. The van der Waals surface area contributed by atoms with E-state index in [1.165, 1.54) is 18.9 Å². The molecule has 1 rings (SSSR count). The van der Waals surface area contributed by atoms with Crippen molar-refractivity contribution in [2.24, 2.45) is 0 Å². The van der Waals surface area contributed by atoms with Gasteiger partial charge in [0.2, 0.25) is 6.41 Å². The maximum Gasteiger partial charge on any atom is 0.334 e. The topological polar surface area (TPSA) is 66.8 Å². The molecule has 0 saturated heterocycles. The Morgan fingerprint density at radius 2 is 2.05 bits per heavy atom.